The number of nitrogens with one attached hydrogen (secondary N) is 1. The van der Waals surface area contributed by atoms with Crippen molar-refractivity contribution in [1.82, 2.24) is 4.98 Å². The highest BCUT2D eigenvalue weighted by atomic mass is 15.3. The molecule has 3 heteroatoms. The molecule has 2 rings (SSSR count). The monoisotopic (exact) mass is 205 g/mol. The molecule has 0 amide bonds. The first kappa shape index (κ1) is 10.3. The summed E-state index contributed by atoms with van der Waals surface area (Å²) in [5, 5.41) is 3.44. The number of pyridine rings is 1. The fraction of sp³-hybridized carbons (Fsp3) is 0.583. The molecule has 1 aliphatic rings. The fourth-order valence-electron chi connectivity index (χ4n) is 2.16. The lowest BCUT2D eigenvalue weighted by molar-refractivity contribution is 0.475. The van der Waals surface area contributed by atoms with Gasteiger partial charge in [0.25, 0.3) is 0 Å². The van der Waals surface area contributed by atoms with Gasteiger partial charge in [-0.3, -0.25) is 0 Å². The SMILES string of the molecule is CCN1c2nc(C)ccc2NCC1(C)C. The van der Waals surface area contributed by atoms with Gasteiger partial charge in [0.05, 0.1) is 11.2 Å². The molecule has 0 spiro atoms. The highest BCUT2D eigenvalue weighted by Gasteiger charge is 2.32. The number of fused-ring (bicyclic) bond motifs is 1. The predicted octanol–water partition coefficient (Wildman–Crippen LogP) is 2.42. The quantitative estimate of drug-likeness (QED) is 0.763. The Hall–Kier alpha value is -1.25. The van der Waals surface area contributed by atoms with Gasteiger partial charge in [0.2, 0.25) is 0 Å². The Balaban J connectivity index is 2.49. The third kappa shape index (κ3) is 1.66. The standard InChI is InChI=1S/C12H19N3/c1-5-15-11-10(7-6-9(2)14-11)13-8-12(15,3)4/h6-7,13H,5,8H2,1-4H3. The molecule has 0 unspecified atom stereocenters. The van der Waals surface area contributed by atoms with E-state index in [1.807, 2.05) is 6.92 Å². The summed E-state index contributed by atoms with van der Waals surface area (Å²) in [6, 6.07) is 4.17. The lowest BCUT2D eigenvalue weighted by atomic mass is 9.99. The zero-order valence-electron chi connectivity index (χ0n) is 9.96. The molecule has 1 N–H and O–H groups in total. The molecule has 1 aliphatic heterocycles. The Morgan fingerprint density at radius 1 is 1.47 bits per heavy atom. The van der Waals surface area contributed by atoms with Crippen LogP contribution in [0.3, 0.4) is 0 Å². The Labute approximate surface area is 91.5 Å². The number of likely N-dealkylation sites (N-methyl/N-ethyl adjacent to an activating group) is 1. The summed E-state index contributed by atoms with van der Waals surface area (Å²) in [6.07, 6.45) is 0. The van der Waals surface area contributed by atoms with Gasteiger partial charge in [-0.2, -0.15) is 0 Å². The van der Waals surface area contributed by atoms with Gasteiger partial charge in [-0.1, -0.05) is 0 Å². The summed E-state index contributed by atoms with van der Waals surface area (Å²) < 4.78 is 0. The first-order chi connectivity index (χ1) is 7.04. The van der Waals surface area contributed by atoms with Gasteiger partial charge in [-0.25, -0.2) is 4.98 Å². The van der Waals surface area contributed by atoms with Crippen LogP contribution in [0.1, 0.15) is 26.5 Å². The minimum absolute atomic E-state index is 0.141. The number of rotatable bonds is 1. The van der Waals surface area contributed by atoms with Crippen LogP contribution in [0.5, 0.6) is 0 Å². The Bertz CT molecular complexity index is 371. The van der Waals surface area contributed by atoms with Crippen molar-refractivity contribution in [2.45, 2.75) is 33.2 Å². The van der Waals surface area contributed by atoms with Crippen molar-refractivity contribution in [3.05, 3.63) is 17.8 Å². The predicted molar refractivity (Wildman–Crippen MR) is 64.6 cm³/mol. The molecule has 0 aromatic carbocycles. The minimum Gasteiger partial charge on any atom is -0.380 e. The molecule has 1 aromatic rings. The third-order valence-electron chi connectivity index (χ3n) is 3.03. The first-order valence-electron chi connectivity index (χ1n) is 5.54. The van der Waals surface area contributed by atoms with Gasteiger partial charge >= 0.3 is 0 Å². The Morgan fingerprint density at radius 2 is 2.20 bits per heavy atom. The Morgan fingerprint density at radius 3 is 2.87 bits per heavy atom. The molecule has 82 valence electrons. The number of aromatic nitrogens is 1. The molecule has 0 atom stereocenters. The van der Waals surface area contributed by atoms with Crippen molar-refractivity contribution in [2.75, 3.05) is 23.3 Å². The average Bonchev–Trinajstić information content (AvgIpc) is 2.16. The van der Waals surface area contributed by atoms with Gasteiger partial charge in [-0.05, 0) is 39.8 Å². The second-order valence-corrected chi connectivity index (χ2v) is 4.73. The van der Waals surface area contributed by atoms with Gasteiger partial charge in [0.1, 0.15) is 0 Å². The van der Waals surface area contributed by atoms with Gasteiger partial charge in [-0.15, -0.1) is 0 Å². The first-order valence-corrected chi connectivity index (χ1v) is 5.54. The Kier molecular flexibility index (Phi) is 2.33. The van der Waals surface area contributed by atoms with E-state index in [0.717, 1.165) is 30.3 Å². The molecule has 3 nitrogen and oxygen atoms in total. The molecule has 2 heterocycles. The summed E-state index contributed by atoms with van der Waals surface area (Å²) in [5.74, 6) is 1.09. The minimum atomic E-state index is 0.141. The number of hydrogen-bond donors (Lipinski definition) is 1. The summed E-state index contributed by atoms with van der Waals surface area (Å²) >= 11 is 0. The molecule has 1 aromatic heterocycles. The second-order valence-electron chi connectivity index (χ2n) is 4.73. The lowest BCUT2D eigenvalue weighted by Crippen LogP contribution is -2.52. The van der Waals surface area contributed by atoms with Crippen LogP contribution >= 0.6 is 0 Å². The molecular weight excluding hydrogens is 186 g/mol. The summed E-state index contributed by atoms with van der Waals surface area (Å²) in [7, 11) is 0. The van der Waals surface area contributed by atoms with E-state index >= 15 is 0 Å². The maximum Gasteiger partial charge on any atom is 0.152 e. The molecule has 0 saturated carbocycles. The van der Waals surface area contributed by atoms with Crippen LogP contribution < -0.4 is 10.2 Å². The fourth-order valence-corrected chi connectivity index (χ4v) is 2.16. The van der Waals surface area contributed by atoms with Crippen LogP contribution in [-0.4, -0.2) is 23.6 Å². The van der Waals surface area contributed by atoms with Crippen molar-refractivity contribution in [2.24, 2.45) is 0 Å². The van der Waals surface area contributed by atoms with Crippen LogP contribution in [-0.2, 0) is 0 Å². The number of anilines is 2. The van der Waals surface area contributed by atoms with Crippen LogP contribution in [0.2, 0.25) is 0 Å². The lowest BCUT2D eigenvalue weighted by Gasteiger charge is -2.44. The van der Waals surface area contributed by atoms with Gasteiger partial charge in [0, 0.05) is 18.8 Å². The zero-order valence-corrected chi connectivity index (χ0v) is 9.96. The topological polar surface area (TPSA) is 28.2 Å². The molecule has 15 heavy (non-hydrogen) atoms. The molecule has 0 bridgehead atoms. The summed E-state index contributed by atoms with van der Waals surface area (Å²) in [5.41, 5.74) is 2.37. The smallest absolute Gasteiger partial charge is 0.152 e. The maximum atomic E-state index is 4.63. The number of hydrogen-bond acceptors (Lipinski definition) is 3. The van der Waals surface area contributed by atoms with Crippen molar-refractivity contribution >= 4 is 11.5 Å². The van der Waals surface area contributed by atoms with Crippen molar-refractivity contribution in [1.29, 1.82) is 0 Å². The van der Waals surface area contributed by atoms with E-state index < -0.39 is 0 Å². The summed E-state index contributed by atoms with van der Waals surface area (Å²) in [6.45, 7) is 10.7. The zero-order chi connectivity index (χ0) is 11.1. The maximum absolute atomic E-state index is 4.63. The van der Waals surface area contributed by atoms with E-state index in [1.54, 1.807) is 0 Å². The number of aryl methyl sites for hydroxylation is 1. The van der Waals surface area contributed by atoms with E-state index in [0.29, 0.717) is 0 Å². The van der Waals surface area contributed by atoms with E-state index in [4.69, 9.17) is 0 Å². The second kappa shape index (κ2) is 3.40. The number of nitrogens with zero attached hydrogens (tertiary/aromatic N) is 2. The highest BCUT2D eigenvalue weighted by molar-refractivity contribution is 5.69. The molecule has 0 radical (unpaired) electrons. The van der Waals surface area contributed by atoms with Crippen LogP contribution in [0.4, 0.5) is 11.5 Å². The summed E-state index contributed by atoms with van der Waals surface area (Å²) in [4.78, 5) is 6.99. The van der Waals surface area contributed by atoms with Crippen molar-refractivity contribution < 1.29 is 0 Å². The molecule has 0 saturated heterocycles. The third-order valence-corrected chi connectivity index (χ3v) is 3.03. The normalized spacial score (nSPS) is 18.3. The van der Waals surface area contributed by atoms with Crippen molar-refractivity contribution in [3.63, 3.8) is 0 Å². The largest absolute Gasteiger partial charge is 0.380 e. The molecule has 0 aliphatic carbocycles. The van der Waals surface area contributed by atoms with E-state index in [1.165, 1.54) is 0 Å². The average molecular weight is 205 g/mol. The van der Waals surface area contributed by atoms with Crippen LogP contribution in [0.15, 0.2) is 12.1 Å². The van der Waals surface area contributed by atoms with E-state index in [2.05, 4.69) is 48.1 Å². The van der Waals surface area contributed by atoms with E-state index in [-0.39, 0.29) is 5.54 Å². The highest BCUT2D eigenvalue weighted by Crippen LogP contribution is 2.33. The van der Waals surface area contributed by atoms with E-state index in [9.17, 15) is 0 Å². The molecule has 0 fully saturated rings. The van der Waals surface area contributed by atoms with Crippen LogP contribution in [0.25, 0.3) is 0 Å². The molecular formula is C12H19N3. The van der Waals surface area contributed by atoms with Gasteiger partial charge in [0.15, 0.2) is 5.82 Å². The van der Waals surface area contributed by atoms with Gasteiger partial charge < -0.3 is 10.2 Å². The van der Waals surface area contributed by atoms with Crippen LogP contribution in [0, 0.1) is 6.92 Å². The van der Waals surface area contributed by atoms with Crippen molar-refractivity contribution in [3.8, 4) is 0 Å².